The highest BCUT2D eigenvalue weighted by Gasteiger charge is 2.35. The van der Waals surface area contributed by atoms with Crippen LogP contribution in [0, 0.1) is 6.92 Å². The van der Waals surface area contributed by atoms with Crippen molar-refractivity contribution in [3.05, 3.63) is 53.1 Å². The van der Waals surface area contributed by atoms with Gasteiger partial charge in [0, 0.05) is 13.2 Å². The molecule has 25 heavy (non-hydrogen) atoms. The molecule has 2 amide bonds. The number of hydrogen-bond donors (Lipinski definition) is 2. The topological polar surface area (TPSA) is 103 Å². The Labute approximate surface area is 144 Å². The third-order valence-corrected chi connectivity index (χ3v) is 3.90. The Kier molecular flexibility index (Phi) is 4.58. The van der Waals surface area contributed by atoms with E-state index in [1.54, 1.807) is 24.3 Å². The zero-order valence-corrected chi connectivity index (χ0v) is 13.6. The van der Waals surface area contributed by atoms with Crippen molar-refractivity contribution in [1.82, 2.24) is 4.90 Å². The van der Waals surface area contributed by atoms with E-state index in [4.69, 9.17) is 5.11 Å². The number of aryl methyl sites for hydroxylation is 1. The lowest BCUT2D eigenvalue weighted by molar-refractivity contribution is 0.0645. The number of aromatic hydroxyl groups is 1. The van der Waals surface area contributed by atoms with E-state index in [9.17, 15) is 14.7 Å². The second-order valence-corrected chi connectivity index (χ2v) is 5.76. The molecule has 0 aromatic heterocycles. The van der Waals surface area contributed by atoms with Crippen LogP contribution < -0.4 is 0 Å². The molecule has 3 rings (SSSR count). The fraction of sp³-hybridized carbons (Fsp3) is 0.222. The van der Waals surface area contributed by atoms with E-state index in [0.717, 1.165) is 10.5 Å². The second kappa shape index (κ2) is 6.82. The minimum Gasteiger partial charge on any atom is -0.506 e. The zero-order chi connectivity index (χ0) is 18.0. The first-order valence-electron chi connectivity index (χ1n) is 7.83. The van der Waals surface area contributed by atoms with Crippen LogP contribution >= 0.6 is 0 Å². The number of aliphatic hydroxyl groups excluding tert-OH is 1. The average Bonchev–Trinajstić information content (AvgIpc) is 2.84. The third kappa shape index (κ3) is 3.27. The van der Waals surface area contributed by atoms with Gasteiger partial charge in [-0.25, -0.2) is 0 Å². The van der Waals surface area contributed by atoms with Crippen LogP contribution in [0.15, 0.2) is 46.6 Å². The van der Waals surface area contributed by atoms with Gasteiger partial charge in [0.25, 0.3) is 11.8 Å². The molecule has 2 N–H and O–H groups in total. The van der Waals surface area contributed by atoms with Crippen LogP contribution in [0.2, 0.25) is 0 Å². The summed E-state index contributed by atoms with van der Waals surface area (Å²) in [5, 5.41) is 26.7. The molecule has 7 nitrogen and oxygen atoms in total. The Balaban J connectivity index is 1.87. The maximum Gasteiger partial charge on any atom is 0.261 e. The maximum absolute atomic E-state index is 12.3. The number of aliphatic hydroxyl groups is 1. The number of fused-ring (bicyclic) bond motifs is 1. The number of hydrogen-bond acceptors (Lipinski definition) is 6. The maximum atomic E-state index is 12.3. The summed E-state index contributed by atoms with van der Waals surface area (Å²) in [4.78, 5) is 25.7. The van der Waals surface area contributed by atoms with Gasteiger partial charge in [0.1, 0.15) is 11.4 Å². The quantitative estimate of drug-likeness (QED) is 0.645. The molecule has 0 spiro atoms. The molecular weight excluding hydrogens is 322 g/mol. The predicted octanol–water partition coefficient (Wildman–Crippen LogP) is 3.09. The van der Waals surface area contributed by atoms with Crippen molar-refractivity contribution in [2.24, 2.45) is 10.2 Å². The van der Waals surface area contributed by atoms with Crippen LogP contribution in [0.25, 0.3) is 0 Å². The number of phenolic OH excluding ortho intramolecular Hbond substituents is 1. The van der Waals surface area contributed by atoms with Crippen molar-refractivity contribution in [2.75, 3.05) is 13.2 Å². The van der Waals surface area contributed by atoms with E-state index in [2.05, 4.69) is 10.2 Å². The number of rotatable bonds is 5. The molecule has 7 heteroatoms. The minimum atomic E-state index is -0.399. The van der Waals surface area contributed by atoms with Crippen LogP contribution in [-0.4, -0.2) is 40.1 Å². The molecule has 0 saturated heterocycles. The van der Waals surface area contributed by atoms with Crippen molar-refractivity contribution >= 4 is 23.2 Å². The molecule has 2 aromatic carbocycles. The summed E-state index contributed by atoms with van der Waals surface area (Å²) in [5.41, 5.74) is 2.26. The fourth-order valence-corrected chi connectivity index (χ4v) is 2.60. The number of benzene rings is 2. The highest BCUT2D eigenvalue weighted by atomic mass is 16.3. The average molecular weight is 339 g/mol. The SMILES string of the molecule is Cc1ccc(O)c(N=Nc2ccc3c(c2)C(=O)N(CCCO)C3=O)c1. The Hall–Kier alpha value is -3.06. The lowest BCUT2D eigenvalue weighted by atomic mass is 10.1. The normalized spacial score (nSPS) is 13.8. The van der Waals surface area contributed by atoms with Crippen molar-refractivity contribution < 1.29 is 19.8 Å². The van der Waals surface area contributed by atoms with Gasteiger partial charge in [0.2, 0.25) is 0 Å². The summed E-state index contributed by atoms with van der Waals surface area (Å²) in [6.45, 7) is 1.96. The number of amides is 2. The summed E-state index contributed by atoms with van der Waals surface area (Å²) in [7, 11) is 0. The van der Waals surface area contributed by atoms with E-state index in [1.165, 1.54) is 12.1 Å². The Bertz CT molecular complexity index is 877. The zero-order valence-electron chi connectivity index (χ0n) is 13.6. The first-order valence-corrected chi connectivity index (χ1v) is 7.83. The van der Waals surface area contributed by atoms with Crippen LogP contribution in [0.3, 0.4) is 0 Å². The largest absolute Gasteiger partial charge is 0.506 e. The molecule has 0 atom stereocenters. The van der Waals surface area contributed by atoms with Crippen molar-refractivity contribution in [3.63, 3.8) is 0 Å². The molecule has 1 aliphatic rings. The van der Waals surface area contributed by atoms with E-state index in [0.29, 0.717) is 23.4 Å². The molecule has 0 fully saturated rings. The van der Waals surface area contributed by atoms with Crippen molar-refractivity contribution in [3.8, 4) is 5.75 Å². The van der Waals surface area contributed by atoms with Crippen LogP contribution in [0.1, 0.15) is 32.7 Å². The molecule has 0 bridgehead atoms. The number of phenols is 1. The Morgan fingerprint density at radius 1 is 1.00 bits per heavy atom. The Morgan fingerprint density at radius 3 is 2.52 bits per heavy atom. The van der Waals surface area contributed by atoms with Gasteiger partial charge in [-0.3, -0.25) is 14.5 Å². The monoisotopic (exact) mass is 339 g/mol. The summed E-state index contributed by atoms with van der Waals surface area (Å²) < 4.78 is 0. The first kappa shape index (κ1) is 16.8. The molecule has 2 aromatic rings. The Morgan fingerprint density at radius 2 is 1.76 bits per heavy atom. The highest BCUT2D eigenvalue weighted by molar-refractivity contribution is 6.21. The van der Waals surface area contributed by atoms with Gasteiger partial charge in [0.15, 0.2) is 0 Å². The molecule has 0 radical (unpaired) electrons. The molecule has 0 unspecified atom stereocenters. The minimum absolute atomic E-state index is 0.0111. The summed E-state index contributed by atoms with van der Waals surface area (Å²) in [5.74, 6) is -0.755. The molecule has 0 saturated carbocycles. The van der Waals surface area contributed by atoms with Crippen molar-refractivity contribution in [2.45, 2.75) is 13.3 Å². The van der Waals surface area contributed by atoms with Crippen LogP contribution in [0.4, 0.5) is 11.4 Å². The summed E-state index contributed by atoms with van der Waals surface area (Å²) >= 11 is 0. The van der Waals surface area contributed by atoms with Crippen LogP contribution in [0.5, 0.6) is 5.75 Å². The number of azo groups is 1. The van der Waals surface area contributed by atoms with Gasteiger partial charge in [-0.15, -0.1) is 5.11 Å². The first-order chi connectivity index (χ1) is 12.0. The smallest absolute Gasteiger partial charge is 0.261 e. The summed E-state index contributed by atoms with van der Waals surface area (Å²) in [6, 6.07) is 9.62. The van der Waals surface area contributed by atoms with Gasteiger partial charge in [-0.1, -0.05) is 6.07 Å². The molecule has 128 valence electrons. The fourth-order valence-electron chi connectivity index (χ4n) is 2.60. The predicted molar refractivity (Wildman–Crippen MR) is 90.5 cm³/mol. The van der Waals surface area contributed by atoms with E-state index in [1.807, 2.05) is 6.92 Å². The van der Waals surface area contributed by atoms with Gasteiger partial charge in [-0.05, 0) is 49.2 Å². The van der Waals surface area contributed by atoms with Crippen molar-refractivity contribution in [1.29, 1.82) is 0 Å². The highest BCUT2D eigenvalue weighted by Crippen LogP contribution is 2.31. The van der Waals surface area contributed by atoms with E-state index < -0.39 is 5.91 Å². The molecule has 1 aliphatic heterocycles. The van der Waals surface area contributed by atoms with Gasteiger partial charge < -0.3 is 10.2 Å². The number of nitrogens with zero attached hydrogens (tertiary/aromatic N) is 3. The molecular formula is C18H17N3O4. The lowest BCUT2D eigenvalue weighted by Gasteiger charge is -2.11. The van der Waals surface area contributed by atoms with Gasteiger partial charge >= 0.3 is 0 Å². The lowest BCUT2D eigenvalue weighted by Crippen LogP contribution is -2.31. The standard InChI is InChI=1S/C18H17N3O4/c1-11-3-6-16(23)15(9-11)20-19-12-4-5-13-14(10-12)18(25)21(17(13)24)7-2-8-22/h3-6,9-10,22-23H,2,7-8H2,1H3. The van der Waals surface area contributed by atoms with Crippen LogP contribution in [-0.2, 0) is 0 Å². The number of carbonyl (C=O) groups excluding carboxylic acids is 2. The molecule has 0 aliphatic carbocycles. The van der Waals surface area contributed by atoms with Gasteiger partial charge in [-0.2, -0.15) is 5.11 Å². The number of imide groups is 1. The summed E-state index contributed by atoms with van der Waals surface area (Å²) in [6.07, 6.45) is 0.338. The second-order valence-electron chi connectivity index (χ2n) is 5.76. The third-order valence-electron chi connectivity index (χ3n) is 3.90. The van der Waals surface area contributed by atoms with Gasteiger partial charge in [0.05, 0.1) is 16.8 Å². The molecule has 1 heterocycles. The van der Waals surface area contributed by atoms with E-state index >= 15 is 0 Å². The van der Waals surface area contributed by atoms with E-state index in [-0.39, 0.29) is 30.4 Å². The number of carbonyl (C=O) groups is 2.